The normalized spacial score (nSPS) is 10.7. The van der Waals surface area contributed by atoms with Crippen LogP contribution in [0.5, 0.6) is 0 Å². The zero-order valence-electron chi connectivity index (χ0n) is 9.44. The van der Waals surface area contributed by atoms with Crippen molar-refractivity contribution in [3.63, 3.8) is 0 Å². The third-order valence-corrected chi connectivity index (χ3v) is 2.56. The van der Waals surface area contributed by atoms with Crippen LogP contribution in [0.1, 0.15) is 36.7 Å². The Balaban J connectivity index is 3.04. The molecule has 0 unspecified atom stereocenters. The summed E-state index contributed by atoms with van der Waals surface area (Å²) in [4.78, 5) is 11.8. The van der Waals surface area contributed by atoms with Crippen molar-refractivity contribution in [2.75, 3.05) is 0 Å². The van der Waals surface area contributed by atoms with Gasteiger partial charge in [-0.1, -0.05) is 0 Å². The van der Waals surface area contributed by atoms with Gasteiger partial charge in [0.2, 0.25) is 0 Å². The predicted molar refractivity (Wildman–Crippen MR) is 61.7 cm³/mol. The Morgan fingerprint density at radius 2 is 2.06 bits per heavy atom. The third-order valence-electron chi connectivity index (χ3n) is 1.74. The van der Waals surface area contributed by atoms with E-state index < -0.39 is 11.6 Å². The first-order valence-electron chi connectivity index (χ1n) is 4.80. The van der Waals surface area contributed by atoms with Gasteiger partial charge in [0.15, 0.2) is 0 Å². The molecule has 0 amide bonds. The number of hydrogen-bond acceptors (Lipinski definition) is 3. The summed E-state index contributed by atoms with van der Waals surface area (Å²) in [5.41, 5.74) is 0.351. The Kier molecular flexibility index (Phi) is 3.78. The summed E-state index contributed by atoms with van der Waals surface area (Å²) in [5, 5.41) is 8.76. The summed E-state index contributed by atoms with van der Waals surface area (Å²) in [6.45, 7) is 5.43. The molecule has 0 aliphatic rings. The molecule has 3 nitrogen and oxygen atoms in total. The first-order chi connectivity index (χ1) is 7.33. The van der Waals surface area contributed by atoms with Gasteiger partial charge in [0.05, 0.1) is 0 Å². The van der Waals surface area contributed by atoms with E-state index in [0.29, 0.717) is 11.1 Å². The molecule has 0 N–H and O–H groups in total. The van der Waals surface area contributed by atoms with E-state index in [1.54, 1.807) is 18.2 Å². The minimum absolute atomic E-state index is 0.403. The number of ether oxygens (including phenoxy) is 1. The standard InChI is InChI=1S/C12H12AsNO2/c1-12(2,3)16-11(15)9-6-8(7-14)4-5-10(9)13/h4-6H,1-3H3. The fourth-order valence-corrected chi connectivity index (χ4v) is 1.59. The van der Waals surface area contributed by atoms with E-state index in [9.17, 15) is 4.79 Å². The minimum atomic E-state index is -0.529. The Labute approximate surface area is 104 Å². The van der Waals surface area contributed by atoms with Gasteiger partial charge in [-0.05, 0) is 0 Å². The first-order valence-corrected chi connectivity index (χ1v) is 5.74. The van der Waals surface area contributed by atoms with Crippen LogP contribution in [0.25, 0.3) is 0 Å². The van der Waals surface area contributed by atoms with Crippen molar-refractivity contribution in [2.45, 2.75) is 26.4 Å². The summed E-state index contributed by atoms with van der Waals surface area (Å²) in [5.74, 6) is -0.403. The van der Waals surface area contributed by atoms with Crippen LogP contribution in [-0.4, -0.2) is 28.4 Å². The van der Waals surface area contributed by atoms with Gasteiger partial charge in [-0.2, -0.15) is 0 Å². The van der Waals surface area contributed by atoms with Gasteiger partial charge in [0.1, 0.15) is 0 Å². The molecule has 0 aromatic heterocycles. The molecule has 0 aliphatic heterocycles. The Bertz CT molecular complexity index is 455. The van der Waals surface area contributed by atoms with Gasteiger partial charge in [-0.15, -0.1) is 0 Å². The molecule has 0 saturated heterocycles. The Morgan fingerprint density at radius 3 is 2.56 bits per heavy atom. The Morgan fingerprint density at radius 1 is 1.44 bits per heavy atom. The van der Waals surface area contributed by atoms with Crippen molar-refractivity contribution in [1.29, 1.82) is 5.26 Å². The second-order valence-electron chi connectivity index (χ2n) is 4.35. The molecule has 0 saturated carbocycles. The van der Waals surface area contributed by atoms with Crippen molar-refractivity contribution in [2.24, 2.45) is 0 Å². The molecule has 82 valence electrons. The number of rotatable bonds is 1. The first kappa shape index (κ1) is 12.8. The molecule has 0 heterocycles. The van der Waals surface area contributed by atoms with Gasteiger partial charge in [-0.3, -0.25) is 0 Å². The second kappa shape index (κ2) is 4.72. The molecule has 2 radical (unpaired) electrons. The van der Waals surface area contributed by atoms with Crippen molar-refractivity contribution in [1.82, 2.24) is 0 Å². The zero-order valence-corrected chi connectivity index (χ0v) is 11.3. The molecule has 1 aromatic rings. The van der Waals surface area contributed by atoms with Crippen LogP contribution in [0.3, 0.4) is 0 Å². The number of carbonyl (C=O) groups is 1. The predicted octanol–water partition coefficient (Wildman–Crippen LogP) is 1.31. The van der Waals surface area contributed by atoms with Gasteiger partial charge in [0.25, 0.3) is 0 Å². The maximum atomic E-state index is 11.8. The van der Waals surface area contributed by atoms with Gasteiger partial charge >= 0.3 is 104 Å². The molecule has 0 atom stereocenters. The van der Waals surface area contributed by atoms with E-state index in [1.165, 1.54) is 0 Å². The van der Waals surface area contributed by atoms with Crippen LogP contribution in [0, 0.1) is 11.3 Å². The van der Waals surface area contributed by atoms with Crippen LogP contribution in [0.15, 0.2) is 18.2 Å². The van der Waals surface area contributed by atoms with Gasteiger partial charge in [0, 0.05) is 0 Å². The van der Waals surface area contributed by atoms with Gasteiger partial charge in [-0.25, -0.2) is 0 Å². The summed E-state index contributed by atoms with van der Waals surface area (Å²) in [6, 6.07) is 6.93. The van der Waals surface area contributed by atoms with Crippen LogP contribution < -0.4 is 4.35 Å². The SMILES string of the molecule is CC(C)(C)OC(=O)c1cc(C#N)ccc1[As]. The summed E-state index contributed by atoms with van der Waals surface area (Å²) >= 11 is 2.30. The van der Waals surface area contributed by atoms with Crippen LogP contribution in [-0.2, 0) is 4.74 Å². The molecule has 4 heteroatoms. The molecule has 0 bridgehead atoms. The van der Waals surface area contributed by atoms with Gasteiger partial charge < -0.3 is 0 Å². The maximum absolute atomic E-state index is 11.8. The summed E-state index contributed by atoms with van der Waals surface area (Å²) < 4.78 is 6.00. The van der Waals surface area contributed by atoms with Crippen LogP contribution in [0.2, 0.25) is 0 Å². The number of nitriles is 1. The Hall–Kier alpha value is -1.26. The fourth-order valence-electron chi connectivity index (χ4n) is 1.10. The van der Waals surface area contributed by atoms with E-state index in [2.05, 4.69) is 16.9 Å². The molecular weight excluding hydrogens is 265 g/mol. The molecule has 0 aliphatic carbocycles. The van der Waals surface area contributed by atoms with E-state index in [0.717, 1.165) is 4.35 Å². The number of benzene rings is 1. The second-order valence-corrected chi connectivity index (χ2v) is 5.36. The van der Waals surface area contributed by atoms with Crippen molar-refractivity contribution < 1.29 is 9.53 Å². The zero-order chi connectivity index (χ0) is 12.3. The molecule has 16 heavy (non-hydrogen) atoms. The topological polar surface area (TPSA) is 50.1 Å². The molecule has 1 aromatic carbocycles. The summed E-state index contributed by atoms with van der Waals surface area (Å²) in [7, 11) is 0. The quantitative estimate of drug-likeness (QED) is 0.574. The van der Waals surface area contributed by atoms with Crippen LogP contribution >= 0.6 is 0 Å². The van der Waals surface area contributed by atoms with E-state index in [1.807, 2.05) is 26.8 Å². The van der Waals surface area contributed by atoms with Crippen molar-refractivity contribution >= 4 is 27.2 Å². The number of carbonyl (C=O) groups excluding carboxylic acids is 1. The monoisotopic (exact) mass is 277 g/mol. The van der Waals surface area contributed by atoms with Crippen LogP contribution in [0.4, 0.5) is 0 Å². The summed E-state index contributed by atoms with van der Waals surface area (Å²) in [6.07, 6.45) is 0. The van der Waals surface area contributed by atoms with E-state index >= 15 is 0 Å². The fraction of sp³-hybridized carbons (Fsp3) is 0.333. The number of hydrogen-bond donors (Lipinski definition) is 0. The average molecular weight is 277 g/mol. The van der Waals surface area contributed by atoms with Crippen molar-refractivity contribution in [3.05, 3.63) is 29.3 Å². The van der Waals surface area contributed by atoms with E-state index in [4.69, 9.17) is 10.00 Å². The van der Waals surface area contributed by atoms with E-state index in [-0.39, 0.29) is 0 Å². The number of esters is 1. The average Bonchev–Trinajstić information content (AvgIpc) is 2.15. The molecule has 1 rings (SSSR count). The molecular formula is C12H12AsNO2. The molecule has 0 fully saturated rings. The third kappa shape index (κ3) is 3.39. The molecule has 0 spiro atoms. The number of nitrogens with zero attached hydrogens (tertiary/aromatic N) is 1. The van der Waals surface area contributed by atoms with Crippen molar-refractivity contribution in [3.8, 4) is 6.07 Å².